The molecule has 8 heteroatoms. The highest BCUT2D eigenvalue weighted by atomic mass is 19.1. The number of aromatic nitrogens is 4. The average Bonchev–Trinajstić information content (AvgIpc) is 3.24. The molecule has 2 aromatic heterocycles. The number of halogens is 1. The lowest BCUT2D eigenvalue weighted by Gasteiger charge is -2.36. The van der Waals surface area contributed by atoms with Crippen LogP contribution in [0.2, 0.25) is 0 Å². The van der Waals surface area contributed by atoms with Crippen LogP contribution >= 0.6 is 0 Å². The summed E-state index contributed by atoms with van der Waals surface area (Å²) in [4.78, 5) is 13.4. The SMILES string of the molecule is COc1cccc(N2CCN(c3ncnc4c3cnn4-c3ccccc3F)CC2)c1. The Labute approximate surface area is 173 Å². The molecule has 0 bridgehead atoms. The van der Waals surface area contributed by atoms with Crippen molar-refractivity contribution in [3.8, 4) is 11.4 Å². The molecule has 1 aliphatic heterocycles. The molecule has 5 rings (SSSR count). The lowest BCUT2D eigenvalue weighted by Crippen LogP contribution is -2.46. The van der Waals surface area contributed by atoms with Gasteiger partial charge in [0.25, 0.3) is 0 Å². The van der Waals surface area contributed by atoms with Crippen LogP contribution in [0.3, 0.4) is 0 Å². The highest BCUT2D eigenvalue weighted by Crippen LogP contribution is 2.28. The summed E-state index contributed by atoms with van der Waals surface area (Å²) in [5.41, 5.74) is 2.12. The predicted octanol–water partition coefficient (Wildman–Crippen LogP) is 3.29. The van der Waals surface area contributed by atoms with E-state index in [4.69, 9.17) is 4.74 Å². The van der Waals surface area contributed by atoms with Crippen molar-refractivity contribution in [2.75, 3.05) is 43.1 Å². The summed E-state index contributed by atoms with van der Waals surface area (Å²) in [6.07, 6.45) is 3.23. The van der Waals surface area contributed by atoms with Crippen LogP contribution in [0.15, 0.2) is 61.1 Å². The first kappa shape index (κ1) is 18.4. The summed E-state index contributed by atoms with van der Waals surface area (Å²) in [5, 5.41) is 5.20. The Hall–Kier alpha value is -3.68. The number of anilines is 2. The van der Waals surface area contributed by atoms with Crippen molar-refractivity contribution in [1.82, 2.24) is 19.7 Å². The molecular weight excluding hydrogens is 383 g/mol. The second kappa shape index (κ2) is 7.62. The van der Waals surface area contributed by atoms with Crippen molar-refractivity contribution in [3.05, 3.63) is 66.9 Å². The fourth-order valence-electron chi connectivity index (χ4n) is 3.87. The number of rotatable bonds is 4. The zero-order valence-electron chi connectivity index (χ0n) is 16.6. The smallest absolute Gasteiger partial charge is 0.168 e. The van der Waals surface area contributed by atoms with Gasteiger partial charge < -0.3 is 14.5 Å². The molecule has 0 radical (unpaired) electrons. The molecule has 1 aliphatic rings. The van der Waals surface area contributed by atoms with Gasteiger partial charge in [-0.2, -0.15) is 5.10 Å². The van der Waals surface area contributed by atoms with Gasteiger partial charge in [-0.1, -0.05) is 18.2 Å². The third-order valence-corrected chi connectivity index (χ3v) is 5.42. The Morgan fingerprint density at radius 2 is 1.73 bits per heavy atom. The Bertz CT molecular complexity index is 1190. The molecular formula is C22H21FN6O. The van der Waals surface area contributed by atoms with E-state index < -0.39 is 0 Å². The predicted molar refractivity (Wildman–Crippen MR) is 114 cm³/mol. The third-order valence-electron chi connectivity index (χ3n) is 5.42. The molecule has 0 amide bonds. The monoisotopic (exact) mass is 404 g/mol. The third kappa shape index (κ3) is 3.20. The molecule has 1 fully saturated rings. The van der Waals surface area contributed by atoms with E-state index in [0.717, 1.165) is 48.8 Å². The van der Waals surface area contributed by atoms with Crippen molar-refractivity contribution in [1.29, 1.82) is 0 Å². The first-order valence-corrected chi connectivity index (χ1v) is 9.82. The lowest BCUT2D eigenvalue weighted by atomic mass is 10.2. The number of hydrogen-bond acceptors (Lipinski definition) is 6. The van der Waals surface area contributed by atoms with Crippen molar-refractivity contribution in [3.63, 3.8) is 0 Å². The highest BCUT2D eigenvalue weighted by Gasteiger charge is 2.22. The van der Waals surface area contributed by atoms with Gasteiger partial charge in [0, 0.05) is 37.9 Å². The van der Waals surface area contributed by atoms with Crippen LogP contribution in [0.4, 0.5) is 15.9 Å². The average molecular weight is 404 g/mol. The zero-order valence-corrected chi connectivity index (χ0v) is 16.6. The summed E-state index contributed by atoms with van der Waals surface area (Å²) in [6, 6.07) is 14.7. The Balaban J connectivity index is 1.41. The molecule has 3 heterocycles. The Morgan fingerprint density at radius 3 is 2.53 bits per heavy atom. The van der Waals surface area contributed by atoms with E-state index in [9.17, 15) is 4.39 Å². The fourth-order valence-corrected chi connectivity index (χ4v) is 3.87. The Morgan fingerprint density at radius 1 is 0.933 bits per heavy atom. The molecule has 30 heavy (non-hydrogen) atoms. The topological polar surface area (TPSA) is 59.3 Å². The number of benzene rings is 2. The largest absolute Gasteiger partial charge is 0.497 e. The minimum Gasteiger partial charge on any atom is -0.497 e. The molecule has 0 saturated carbocycles. The number of ether oxygens (including phenoxy) is 1. The van der Waals surface area contributed by atoms with E-state index in [2.05, 4.69) is 37.0 Å². The summed E-state index contributed by atoms with van der Waals surface area (Å²) in [5.74, 6) is 1.34. The van der Waals surface area contributed by atoms with Crippen molar-refractivity contribution in [2.24, 2.45) is 0 Å². The van der Waals surface area contributed by atoms with E-state index in [0.29, 0.717) is 11.3 Å². The van der Waals surface area contributed by atoms with E-state index in [1.54, 1.807) is 31.5 Å². The molecule has 2 aromatic carbocycles. The molecule has 0 unspecified atom stereocenters. The summed E-state index contributed by atoms with van der Waals surface area (Å²) in [7, 11) is 1.68. The van der Waals surface area contributed by atoms with Gasteiger partial charge in [-0.25, -0.2) is 19.0 Å². The number of nitrogens with zero attached hydrogens (tertiary/aromatic N) is 6. The maximum atomic E-state index is 14.3. The van der Waals surface area contributed by atoms with Gasteiger partial charge >= 0.3 is 0 Å². The lowest BCUT2D eigenvalue weighted by molar-refractivity contribution is 0.414. The molecule has 152 valence electrons. The van der Waals surface area contributed by atoms with Crippen LogP contribution in [0.25, 0.3) is 16.7 Å². The van der Waals surface area contributed by atoms with Crippen LogP contribution in [0.1, 0.15) is 0 Å². The van der Waals surface area contributed by atoms with Gasteiger partial charge in [-0.3, -0.25) is 0 Å². The number of piperazine rings is 1. The van der Waals surface area contributed by atoms with Gasteiger partial charge in [0.15, 0.2) is 5.65 Å². The van der Waals surface area contributed by atoms with Gasteiger partial charge in [0.05, 0.1) is 18.7 Å². The van der Waals surface area contributed by atoms with Crippen molar-refractivity contribution < 1.29 is 9.13 Å². The summed E-state index contributed by atoms with van der Waals surface area (Å²) >= 11 is 0. The number of para-hydroxylation sites is 1. The number of hydrogen-bond donors (Lipinski definition) is 0. The fraction of sp³-hybridized carbons (Fsp3) is 0.227. The second-order valence-corrected chi connectivity index (χ2v) is 7.12. The van der Waals surface area contributed by atoms with E-state index in [-0.39, 0.29) is 5.82 Å². The van der Waals surface area contributed by atoms with E-state index >= 15 is 0 Å². The zero-order chi connectivity index (χ0) is 20.5. The molecule has 0 atom stereocenters. The van der Waals surface area contributed by atoms with Gasteiger partial charge in [0.1, 0.15) is 29.4 Å². The molecule has 0 aliphatic carbocycles. The maximum Gasteiger partial charge on any atom is 0.168 e. The molecule has 0 N–H and O–H groups in total. The van der Waals surface area contributed by atoms with Gasteiger partial charge in [0.2, 0.25) is 0 Å². The Kier molecular flexibility index (Phi) is 4.66. The molecule has 7 nitrogen and oxygen atoms in total. The summed E-state index contributed by atoms with van der Waals surface area (Å²) < 4.78 is 21.1. The number of fused-ring (bicyclic) bond motifs is 1. The van der Waals surface area contributed by atoms with Crippen molar-refractivity contribution >= 4 is 22.5 Å². The first-order chi connectivity index (χ1) is 14.7. The minimum atomic E-state index is -0.338. The van der Waals surface area contributed by atoms with Crippen LogP contribution in [-0.4, -0.2) is 53.0 Å². The van der Waals surface area contributed by atoms with E-state index in [1.807, 2.05) is 12.1 Å². The van der Waals surface area contributed by atoms with Gasteiger partial charge in [-0.15, -0.1) is 0 Å². The summed E-state index contributed by atoms with van der Waals surface area (Å²) in [6.45, 7) is 3.35. The first-order valence-electron chi connectivity index (χ1n) is 9.82. The van der Waals surface area contributed by atoms with Gasteiger partial charge in [-0.05, 0) is 24.3 Å². The minimum absolute atomic E-state index is 0.338. The normalized spacial score (nSPS) is 14.3. The van der Waals surface area contributed by atoms with E-state index in [1.165, 1.54) is 17.1 Å². The van der Waals surface area contributed by atoms with Crippen molar-refractivity contribution in [2.45, 2.75) is 0 Å². The molecule has 0 spiro atoms. The van der Waals surface area contributed by atoms with Crippen LogP contribution in [-0.2, 0) is 0 Å². The standard InChI is InChI=1S/C22H21FN6O/c1-30-17-6-4-5-16(13-17)27-9-11-28(12-10-27)21-18-14-26-29(22(18)25-15-24-21)20-8-3-2-7-19(20)23/h2-8,13-15H,9-12H2,1H3. The van der Waals surface area contributed by atoms with Crippen LogP contribution in [0, 0.1) is 5.82 Å². The second-order valence-electron chi connectivity index (χ2n) is 7.12. The maximum absolute atomic E-state index is 14.3. The van der Waals surface area contributed by atoms with Crippen LogP contribution < -0.4 is 14.5 Å². The quantitative estimate of drug-likeness (QED) is 0.520. The molecule has 4 aromatic rings. The highest BCUT2D eigenvalue weighted by molar-refractivity contribution is 5.87. The number of methoxy groups -OCH3 is 1. The molecule has 1 saturated heterocycles. The van der Waals surface area contributed by atoms with Crippen LogP contribution in [0.5, 0.6) is 5.75 Å².